The number of aromatic nitrogens is 3. The third kappa shape index (κ3) is 3.26. The maximum Gasteiger partial charge on any atom is 0.202 e. The van der Waals surface area contributed by atoms with Gasteiger partial charge in [0.25, 0.3) is 0 Å². The Balaban J connectivity index is 1.93. The summed E-state index contributed by atoms with van der Waals surface area (Å²) >= 11 is 5.65. The van der Waals surface area contributed by atoms with Crippen LogP contribution in [0, 0.1) is 4.77 Å². The quantitative estimate of drug-likeness (QED) is 0.844. The van der Waals surface area contributed by atoms with Crippen molar-refractivity contribution < 1.29 is 9.64 Å². The highest BCUT2D eigenvalue weighted by atomic mass is 32.1. The van der Waals surface area contributed by atoms with Crippen molar-refractivity contribution in [2.75, 3.05) is 13.7 Å². The second kappa shape index (κ2) is 7.49. The molecule has 0 amide bonds. The Bertz CT molecular complexity index is 752. The third-order valence-corrected chi connectivity index (χ3v) is 5.60. The number of rotatable bonds is 5. The molecule has 24 heavy (non-hydrogen) atoms. The summed E-state index contributed by atoms with van der Waals surface area (Å²) in [5, 5.41) is 4.83. The molecule has 3 rings (SSSR count). The van der Waals surface area contributed by atoms with Crippen LogP contribution in [0.25, 0.3) is 11.4 Å². The van der Waals surface area contributed by atoms with Gasteiger partial charge in [-0.2, -0.15) is 4.68 Å². The van der Waals surface area contributed by atoms with Crippen LogP contribution < -0.4 is 9.64 Å². The lowest BCUT2D eigenvalue weighted by molar-refractivity contribution is -0.953. The molecule has 1 fully saturated rings. The third-order valence-electron chi connectivity index (χ3n) is 5.11. The summed E-state index contributed by atoms with van der Waals surface area (Å²) in [6, 6.07) is 8.68. The van der Waals surface area contributed by atoms with Crippen molar-refractivity contribution in [3.05, 3.63) is 29.0 Å². The van der Waals surface area contributed by atoms with Crippen LogP contribution in [-0.4, -0.2) is 34.0 Å². The molecular weight excluding hydrogens is 320 g/mol. The van der Waals surface area contributed by atoms with Gasteiger partial charge < -0.3 is 14.2 Å². The number of nitrogens with one attached hydrogen (secondary N) is 1. The van der Waals surface area contributed by atoms with E-state index in [2.05, 4.69) is 6.92 Å². The van der Waals surface area contributed by atoms with E-state index in [1.165, 1.54) is 32.2 Å². The fraction of sp³-hybridized carbons (Fsp3) is 0.556. The van der Waals surface area contributed by atoms with E-state index in [0.29, 0.717) is 0 Å². The van der Waals surface area contributed by atoms with Gasteiger partial charge in [0.2, 0.25) is 4.77 Å². The number of benzene rings is 1. The highest BCUT2D eigenvalue weighted by Gasteiger charge is 2.26. The summed E-state index contributed by atoms with van der Waals surface area (Å²) in [6.45, 7) is 4.34. The zero-order valence-electron chi connectivity index (χ0n) is 14.8. The molecule has 1 unspecified atom stereocenters. The van der Waals surface area contributed by atoms with E-state index < -0.39 is 0 Å². The van der Waals surface area contributed by atoms with Gasteiger partial charge in [0.05, 0.1) is 25.3 Å². The van der Waals surface area contributed by atoms with E-state index >= 15 is 0 Å². The molecule has 5 nitrogen and oxygen atoms in total. The topological polar surface area (TPSA) is 36.4 Å². The molecule has 0 bridgehead atoms. The molecule has 1 aromatic carbocycles. The van der Waals surface area contributed by atoms with Crippen molar-refractivity contribution in [3.8, 4) is 17.1 Å². The molecular formula is C18H27N4OS+. The lowest BCUT2D eigenvalue weighted by Crippen LogP contribution is -3.15. The minimum Gasteiger partial charge on any atom is -0.496 e. The summed E-state index contributed by atoms with van der Waals surface area (Å²) in [6.07, 6.45) is 5.17. The molecule has 2 atom stereocenters. The maximum absolute atomic E-state index is 5.65. The van der Waals surface area contributed by atoms with Crippen LogP contribution in [0.3, 0.4) is 0 Å². The minimum absolute atomic E-state index is 0.720. The highest BCUT2D eigenvalue weighted by molar-refractivity contribution is 7.71. The average molecular weight is 348 g/mol. The molecule has 130 valence electrons. The zero-order valence-corrected chi connectivity index (χ0v) is 15.6. The first kappa shape index (κ1) is 17.2. The number of hydrogen-bond acceptors (Lipinski definition) is 3. The van der Waals surface area contributed by atoms with Gasteiger partial charge in [-0.05, 0) is 50.0 Å². The first-order chi connectivity index (χ1) is 11.7. The van der Waals surface area contributed by atoms with Gasteiger partial charge in [-0.25, -0.2) is 0 Å². The lowest BCUT2D eigenvalue weighted by Gasteiger charge is -2.31. The van der Waals surface area contributed by atoms with Gasteiger partial charge in [0.15, 0.2) is 12.5 Å². The van der Waals surface area contributed by atoms with E-state index in [0.717, 1.165) is 34.6 Å². The molecule has 1 aliphatic rings. The van der Waals surface area contributed by atoms with Gasteiger partial charge in [-0.1, -0.05) is 19.1 Å². The van der Waals surface area contributed by atoms with Crippen molar-refractivity contribution in [2.45, 2.75) is 45.3 Å². The SMILES string of the molecule is CC[C@H]1CCCC[NH+]1Cn1nc(-c2ccccc2OC)n(C)c1=S. The number of para-hydroxylation sites is 1. The second-order valence-electron chi connectivity index (χ2n) is 6.53. The van der Waals surface area contributed by atoms with E-state index in [1.807, 2.05) is 40.6 Å². The van der Waals surface area contributed by atoms with E-state index in [1.54, 1.807) is 12.0 Å². The molecule has 1 saturated heterocycles. The first-order valence-corrected chi connectivity index (χ1v) is 9.18. The zero-order chi connectivity index (χ0) is 17.1. The van der Waals surface area contributed by atoms with Crippen molar-refractivity contribution in [2.24, 2.45) is 7.05 Å². The summed E-state index contributed by atoms with van der Waals surface area (Å²) in [5.74, 6) is 1.69. The summed E-state index contributed by atoms with van der Waals surface area (Å²) < 4.78 is 10.2. The van der Waals surface area contributed by atoms with Crippen LogP contribution in [-0.2, 0) is 13.7 Å². The first-order valence-electron chi connectivity index (χ1n) is 8.77. The van der Waals surface area contributed by atoms with Crippen molar-refractivity contribution in [1.29, 1.82) is 0 Å². The summed E-state index contributed by atoms with van der Waals surface area (Å²) in [7, 11) is 3.67. The Morgan fingerprint density at radius 3 is 2.88 bits per heavy atom. The van der Waals surface area contributed by atoms with Gasteiger partial charge in [-0.3, -0.25) is 0 Å². The normalized spacial score (nSPS) is 21.0. The Hall–Kier alpha value is -1.66. The fourth-order valence-corrected chi connectivity index (χ4v) is 3.89. The summed E-state index contributed by atoms with van der Waals surface area (Å²) in [4.78, 5) is 1.60. The number of hydrogen-bond donors (Lipinski definition) is 1. The van der Waals surface area contributed by atoms with Crippen LogP contribution in [0.4, 0.5) is 0 Å². The monoisotopic (exact) mass is 347 g/mol. The largest absolute Gasteiger partial charge is 0.496 e. The molecule has 2 heterocycles. The average Bonchev–Trinajstić information content (AvgIpc) is 2.90. The lowest BCUT2D eigenvalue weighted by atomic mass is 10.0. The Morgan fingerprint density at radius 1 is 1.33 bits per heavy atom. The molecule has 1 aliphatic heterocycles. The number of nitrogens with zero attached hydrogens (tertiary/aromatic N) is 3. The van der Waals surface area contributed by atoms with E-state index in [4.69, 9.17) is 22.1 Å². The van der Waals surface area contributed by atoms with Gasteiger partial charge in [0, 0.05) is 7.05 Å². The number of ether oxygens (including phenoxy) is 1. The molecule has 1 aromatic heterocycles. The summed E-state index contributed by atoms with van der Waals surface area (Å²) in [5.41, 5.74) is 0.980. The number of piperidine rings is 1. The van der Waals surface area contributed by atoms with Crippen molar-refractivity contribution in [1.82, 2.24) is 14.3 Å². The van der Waals surface area contributed by atoms with Crippen LogP contribution in [0.5, 0.6) is 5.75 Å². The predicted octanol–water partition coefficient (Wildman–Crippen LogP) is 2.43. The van der Waals surface area contributed by atoms with Gasteiger partial charge in [-0.15, -0.1) is 5.10 Å². The van der Waals surface area contributed by atoms with Crippen LogP contribution in [0.15, 0.2) is 24.3 Å². The van der Waals surface area contributed by atoms with Crippen LogP contribution >= 0.6 is 12.2 Å². The molecule has 0 radical (unpaired) electrons. The predicted molar refractivity (Wildman–Crippen MR) is 97.8 cm³/mol. The molecule has 0 spiro atoms. The molecule has 6 heteroatoms. The van der Waals surface area contributed by atoms with Crippen molar-refractivity contribution in [3.63, 3.8) is 0 Å². The van der Waals surface area contributed by atoms with Gasteiger partial charge in [0.1, 0.15) is 5.75 Å². The minimum atomic E-state index is 0.720. The molecule has 1 N–H and O–H groups in total. The highest BCUT2D eigenvalue weighted by Crippen LogP contribution is 2.27. The van der Waals surface area contributed by atoms with Crippen molar-refractivity contribution >= 4 is 12.2 Å². The Labute approximate surface area is 148 Å². The standard InChI is InChI=1S/C18H26N4OS/c1-4-14-9-7-8-12-21(14)13-22-18(24)20(2)17(19-22)15-10-5-6-11-16(15)23-3/h5-6,10-11,14H,4,7-9,12-13H2,1-3H3/p+1/t14-/m0/s1. The smallest absolute Gasteiger partial charge is 0.202 e. The van der Waals surface area contributed by atoms with Crippen LogP contribution in [0.2, 0.25) is 0 Å². The van der Waals surface area contributed by atoms with Gasteiger partial charge >= 0.3 is 0 Å². The van der Waals surface area contributed by atoms with Crippen LogP contribution in [0.1, 0.15) is 32.6 Å². The molecule has 0 saturated carbocycles. The number of quaternary nitrogens is 1. The number of likely N-dealkylation sites (tertiary alicyclic amines) is 1. The maximum atomic E-state index is 5.65. The Kier molecular flexibility index (Phi) is 5.36. The molecule has 0 aliphatic carbocycles. The van der Waals surface area contributed by atoms with E-state index in [9.17, 15) is 0 Å². The second-order valence-corrected chi connectivity index (χ2v) is 6.90. The van der Waals surface area contributed by atoms with E-state index in [-0.39, 0.29) is 0 Å². The fourth-order valence-electron chi connectivity index (χ4n) is 3.70. The number of methoxy groups -OCH3 is 1. The Morgan fingerprint density at radius 2 is 2.12 bits per heavy atom. The molecule has 2 aromatic rings.